The summed E-state index contributed by atoms with van der Waals surface area (Å²) in [6.45, 7) is 3.90. The van der Waals surface area contributed by atoms with Crippen molar-refractivity contribution in [2.24, 2.45) is 0 Å². The summed E-state index contributed by atoms with van der Waals surface area (Å²) in [6, 6.07) is 3.62. The van der Waals surface area contributed by atoms with E-state index < -0.39 is 12.8 Å². The van der Waals surface area contributed by atoms with Crippen molar-refractivity contribution < 1.29 is 13.6 Å². The van der Waals surface area contributed by atoms with Crippen molar-refractivity contribution in [3.05, 3.63) is 23.9 Å². The number of hydrogen-bond acceptors (Lipinski definition) is 7. The largest absolute Gasteiger partial charge is 0.378 e. The predicted molar refractivity (Wildman–Crippen MR) is 113 cm³/mol. The number of carbonyl (C=O) groups excluding carboxylic acids is 1. The summed E-state index contributed by atoms with van der Waals surface area (Å²) in [5, 5.41) is 2.35. The van der Waals surface area contributed by atoms with E-state index >= 15 is 0 Å². The maximum absolute atomic E-state index is 11.8. The number of amides is 1. The van der Waals surface area contributed by atoms with Crippen LogP contribution >= 0.6 is 0 Å². The van der Waals surface area contributed by atoms with Gasteiger partial charge >= 0.3 is 0 Å². The van der Waals surface area contributed by atoms with E-state index in [0.717, 1.165) is 61.7 Å². The Morgan fingerprint density at radius 3 is 2.62 bits per heavy atom. The van der Waals surface area contributed by atoms with Crippen molar-refractivity contribution in [2.75, 3.05) is 54.5 Å². The van der Waals surface area contributed by atoms with Gasteiger partial charge in [-0.2, -0.15) is 4.98 Å². The number of pyridine rings is 1. The first kappa shape index (κ1) is 16.1. The van der Waals surface area contributed by atoms with E-state index in [1.54, 1.807) is 12.3 Å². The summed E-state index contributed by atoms with van der Waals surface area (Å²) < 4.78 is 27.1. The molecule has 2 aliphatic heterocycles. The lowest BCUT2D eigenvalue weighted by Crippen LogP contribution is -2.37. The van der Waals surface area contributed by atoms with Gasteiger partial charge in [-0.25, -0.2) is 9.97 Å². The zero-order chi connectivity index (χ0) is 22.7. The summed E-state index contributed by atoms with van der Waals surface area (Å²) in [6.07, 6.45) is 5.09. The molecular formula is C21H28N6O2. The summed E-state index contributed by atoms with van der Waals surface area (Å²) in [5.41, 5.74) is 2.39. The van der Waals surface area contributed by atoms with Crippen molar-refractivity contribution in [1.82, 2.24) is 15.0 Å². The van der Waals surface area contributed by atoms with Gasteiger partial charge in [-0.1, -0.05) is 0 Å². The normalized spacial score (nSPS) is 19.3. The topological polar surface area (TPSA) is 83.5 Å². The standard InChI is InChI=1S/C21H28N6O2/c1-15-12-19(23-16(2)28)22-14-17(15)18-13-20(26-8-10-29-11-9-26)25-21(24-18)27-6-4-3-5-7-27/h12-14H,3-11H2,1-2H3,(H,22,23,28)/i2D3. The average molecular weight is 400 g/mol. The summed E-state index contributed by atoms with van der Waals surface area (Å²) >= 11 is 0. The third-order valence-corrected chi connectivity index (χ3v) is 5.30. The molecule has 154 valence electrons. The number of piperidine rings is 1. The third-order valence-electron chi connectivity index (χ3n) is 5.30. The van der Waals surface area contributed by atoms with E-state index in [4.69, 9.17) is 18.8 Å². The van der Waals surface area contributed by atoms with Gasteiger partial charge in [0.15, 0.2) is 0 Å². The Balaban J connectivity index is 1.67. The zero-order valence-corrected chi connectivity index (χ0v) is 16.6. The highest BCUT2D eigenvalue weighted by molar-refractivity contribution is 5.88. The molecule has 0 aromatic carbocycles. The summed E-state index contributed by atoms with van der Waals surface area (Å²) in [5.74, 6) is 0.716. The third kappa shape index (κ3) is 4.64. The monoisotopic (exact) mass is 399 g/mol. The molecule has 8 nitrogen and oxygen atoms in total. The van der Waals surface area contributed by atoms with Gasteiger partial charge in [0.05, 0.1) is 18.9 Å². The molecule has 0 bridgehead atoms. The van der Waals surface area contributed by atoms with Gasteiger partial charge in [0.2, 0.25) is 11.9 Å². The fourth-order valence-corrected chi connectivity index (χ4v) is 3.76. The van der Waals surface area contributed by atoms with Crippen LogP contribution in [-0.2, 0) is 9.53 Å². The van der Waals surface area contributed by atoms with Gasteiger partial charge in [0.25, 0.3) is 0 Å². The molecule has 0 unspecified atom stereocenters. The Labute approximate surface area is 175 Å². The number of nitrogens with zero attached hydrogens (tertiary/aromatic N) is 5. The van der Waals surface area contributed by atoms with Crippen LogP contribution in [0.4, 0.5) is 17.6 Å². The van der Waals surface area contributed by atoms with Crippen LogP contribution in [0.25, 0.3) is 11.3 Å². The first-order valence-electron chi connectivity index (χ1n) is 11.6. The van der Waals surface area contributed by atoms with Crippen molar-refractivity contribution >= 4 is 23.5 Å². The van der Waals surface area contributed by atoms with Gasteiger partial charge in [-0.05, 0) is 37.8 Å². The highest BCUT2D eigenvalue weighted by Crippen LogP contribution is 2.29. The van der Waals surface area contributed by atoms with Gasteiger partial charge in [0, 0.05) is 55.0 Å². The summed E-state index contributed by atoms with van der Waals surface area (Å²) in [7, 11) is 0. The first-order chi connectivity index (χ1) is 15.3. The number of aromatic nitrogens is 3. The first-order valence-corrected chi connectivity index (χ1v) is 10.1. The molecule has 2 aliphatic rings. The number of rotatable bonds is 4. The molecule has 8 heteroatoms. The van der Waals surface area contributed by atoms with E-state index in [1.165, 1.54) is 6.42 Å². The number of anilines is 3. The number of aryl methyl sites for hydroxylation is 1. The molecule has 2 aromatic rings. The van der Waals surface area contributed by atoms with Crippen molar-refractivity contribution in [1.29, 1.82) is 0 Å². The van der Waals surface area contributed by atoms with Crippen LogP contribution < -0.4 is 15.1 Å². The minimum atomic E-state index is -2.72. The Morgan fingerprint density at radius 1 is 1.10 bits per heavy atom. The van der Waals surface area contributed by atoms with Crippen molar-refractivity contribution in [2.45, 2.75) is 33.0 Å². The van der Waals surface area contributed by atoms with Crippen LogP contribution in [0.1, 0.15) is 35.8 Å². The molecule has 0 aliphatic carbocycles. The van der Waals surface area contributed by atoms with Gasteiger partial charge in [-0.3, -0.25) is 4.79 Å². The van der Waals surface area contributed by atoms with Crippen LogP contribution in [0.3, 0.4) is 0 Å². The molecule has 2 aromatic heterocycles. The molecule has 1 N–H and O–H groups in total. The van der Waals surface area contributed by atoms with Crippen LogP contribution in [0.15, 0.2) is 18.3 Å². The highest BCUT2D eigenvalue weighted by Gasteiger charge is 2.20. The second-order valence-corrected chi connectivity index (χ2v) is 7.40. The molecule has 0 saturated carbocycles. The van der Waals surface area contributed by atoms with Crippen LogP contribution in [0.5, 0.6) is 0 Å². The van der Waals surface area contributed by atoms with E-state index in [1.807, 2.05) is 13.0 Å². The Kier molecular flexibility index (Phi) is 4.85. The van der Waals surface area contributed by atoms with Crippen LogP contribution in [0.2, 0.25) is 0 Å². The van der Waals surface area contributed by atoms with E-state index in [2.05, 4.69) is 20.1 Å². The molecule has 2 saturated heterocycles. The lowest BCUT2D eigenvalue weighted by Gasteiger charge is -2.31. The number of ether oxygens (including phenoxy) is 1. The molecule has 1 amide bonds. The zero-order valence-electron chi connectivity index (χ0n) is 19.6. The maximum atomic E-state index is 11.8. The Hall–Kier alpha value is -2.74. The predicted octanol–water partition coefficient (Wildman–Crippen LogP) is 2.63. The van der Waals surface area contributed by atoms with Gasteiger partial charge in [0.1, 0.15) is 11.6 Å². The fraction of sp³-hybridized carbons (Fsp3) is 0.524. The molecule has 2 fully saturated rings. The van der Waals surface area contributed by atoms with Crippen LogP contribution in [-0.4, -0.2) is 60.3 Å². The number of carbonyl (C=O) groups is 1. The average Bonchev–Trinajstić information content (AvgIpc) is 2.79. The van der Waals surface area contributed by atoms with Gasteiger partial charge < -0.3 is 19.9 Å². The second-order valence-electron chi connectivity index (χ2n) is 7.40. The van der Waals surface area contributed by atoms with Crippen LogP contribution in [0, 0.1) is 6.92 Å². The fourth-order valence-electron chi connectivity index (χ4n) is 3.76. The SMILES string of the molecule is [2H]C([2H])([2H])C(=O)Nc1cc(C)c(-c2cc(N3CCOCC3)nc(N3CCCCC3)n2)cn1. The number of morpholine rings is 1. The van der Waals surface area contributed by atoms with Crippen molar-refractivity contribution in [3.63, 3.8) is 0 Å². The lowest BCUT2D eigenvalue weighted by atomic mass is 10.1. The molecular weight excluding hydrogens is 368 g/mol. The lowest BCUT2D eigenvalue weighted by molar-refractivity contribution is -0.114. The minimum Gasteiger partial charge on any atom is -0.378 e. The van der Waals surface area contributed by atoms with E-state index in [9.17, 15) is 4.79 Å². The molecule has 29 heavy (non-hydrogen) atoms. The number of nitrogens with one attached hydrogen (secondary N) is 1. The Morgan fingerprint density at radius 2 is 1.90 bits per heavy atom. The molecule has 0 radical (unpaired) electrons. The summed E-state index contributed by atoms with van der Waals surface area (Å²) in [4.78, 5) is 30.2. The van der Waals surface area contributed by atoms with E-state index in [0.29, 0.717) is 19.2 Å². The molecule has 4 rings (SSSR count). The smallest absolute Gasteiger partial charge is 0.227 e. The quantitative estimate of drug-likeness (QED) is 0.846. The molecule has 4 heterocycles. The molecule has 0 atom stereocenters. The Bertz CT molecular complexity index is 936. The highest BCUT2D eigenvalue weighted by atomic mass is 16.5. The molecule has 0 spiro atoms. The maximum Gasteiger partial charge on any atom is 0.227 e. The van der Waals surface area contributed by atoms with E-state index in [-0.39, 0.29) is 5.82 Å². The number of hydrogen-bond donors (Lipinski definition) is 1. The minimum absolute atomic E-state index is 0.200. The second kappa shape index (κ2) is 8.73. The van der Waals surface area contributed by atoms with Crippen molar-refractivity contribution in [3.8, 4) is 11.3 Å². The van der Waals surface area contributed by atoms with Gasteiger partial charge in [-0.15, -0.1) is 0 Å².